The molecule has 1 aromatic carbocycles. The van der Waals surface area contributed by atoms with Crippen molar-refractivity contribution in [3.05, 3.63) is 46.5 Å². The molecule has 0 saturated carbocycles. The molecule has 4 rings (SSSR count). The fourth-order valence-corrected chi connectivity index (χ4v) is 8.29. The second kappa shape index (κ2) is 19.5. The summed E-state index contributed by atoms with van der Waals surface area (Å²) in [4.78, 5) is 79.6. The summed E-state index contributed by atoms with van der Waals surface area (Å²) < 4.78 is 22.5. The highest BCUT2D eigenvalue weighted by molar-refractivity contribution is 8.00. The van der Waals surface area contributed by atoms with Crippen LogP contribution in [0, 0.1) is 11.8 Å². The van der Waals surface area contributed by atoms with Crippen LogP contribution in [0.5, 0.6) is 5.75 Å². The van der Waals surface area contributed by atoms with E-state index in [1.165, 1.54) is 52.0 Å². The van der Waals surface area contributed by atoms with Gasteiger partial charge in [-0.1, -0.05) is 49.2 Å². The van der Waals surface area contributed by atoms with Crippen LogP contribution in [0.4, 0.5) is 10.5 Å². The number of methoxy groups -OCH3 is 2. The van der Waals surface area contributed by atoms with Gasteiger partial charge in [-0.2, -0.15) is 0 Å². The standard InChI is InChI=1S/C39H52ClN4O12S/c1-20-10-9-11-30(54-8)39(52)19-28(56-38(51)42-39)22(3)35(48)21(2)26(17-33(47)44(6)25-15-24(14-20)16-27(53-7)34(25)40)55-37(50)23(4)43(5)32(46)12-13-57-29-18-31(45)41-36(29)49/h9-11,15-16,21-23,26,28-30,35,52H,12-14,17-19H2,1-8H3,(H,42,51)(H,41,45,49)/q-1/b11-9+,20-10+/t21?,22-,23+,26+,28+,29?,30-,35-,39+/m1/s1. The predicted molar refractivity (Wildman–Crippen MR) is 209 cm³/mol. The fraction of sp³-hybridized carbons (Fsp3) is 0.590. The lowest BCUT2D eigenvalue weighted by atomic mass is 9.81. The predicted octanol–water partition coefficient (Wildman–Crippen LogP) is 2.26. The van der Waals surface area contributed by atoms with E-state index >= 15 is 0 Å². The maximum atomic E-state index is 14.3. The first-order valence-corrected chi connectivity index (χ1v) is 20.0. The number of thioether (sulfide) groups is 1. The Morgan fingerprint density at radius 2 is 1.88 bits per heavy atom. The second-order valence-electron chi connectivity index (χ2n) is 14.8. The van der Waals surface area contributed by atoms with Gasteiger partial charge in [0.25, 0.3) is 0 Å². The van der Waals surface area contributed by atoms with E-state index < -0.39 is 89.5 Å². The second-order valence-corrected chi connectivity index (χ2v) is 16.5. The van der Waals surface area contributed by atoms with E-state index in [0.717, 1.165) is 22.9 Å². The minimum absolute atomic E-state index is 0.0250. The van der Waals surface area contributed by atoms with Gasteiger partial charge in [-0.25, -0.2) is 9.59 Å². The molecule has 5 amide bonds. The lowest BCUT2D eigenvalue weighted by Crippen LogP contribution is -2.64. The minimum atomic E-state index is -1.96. The summed E-state index contributed by atoms with van der Waals surface area (Å²) in [6, 6.07) is 2.33. The average Bonchev–Trinajstić information content (AvgIpc) is 3.49. The molecule has 2 fully saturated rings. The maximum Gasteiger partial charge on any atom is 0.409 e. The quantitative estimate of drug-likeness (QED) is 0.241. The molecule has 2 saturated heterocycles. The lowest BCUT2D eigenvalue weighted by molar-refractivity contribution is -0.452. The fourth-order valence-electron chi connectivity index (χ4n) is 6.92. The lowest BCUT2D eigenvalue weighted by Gasteiger charge is -2.47. The van der Waals surface area contributed by atoms with Gasteiger partial charge in [0.15, 0.2) is 5.72 Å². The zero-order valence-electron chi connectivity index (χ0n) is 33.4. The highest BCUT2D eigenvalue weighted by Gasteiger charge is 2.47. The number of rotatable bonds is 9. The molecule has 0 aliphatic carbocycles. The van der Waals surface area contributed by atoms with Crippen LogP contribution in [0.2, 0.25) is 5.02 Å². The molecule has 3 N–H and O–H groups in total. The number of allylic oxidation sites excluding steroid dienone is 3. The molecule has 0 radical (unpaired) electrons. The number of carbonyl (C=O) groups is 6. The van der Waals surface area contributed by atoms with Crippen LogP contribution >= 0.6 is 23.4 Å². The number of carbonyl (C=O) groups excluding carboxylic acids is 6. The molecule has 314 valence electrons. The van der Waals surface area contributed by atoms with Crippen molar-refractivity contribution in [2.24, 2.45) is 11.8 Å². The normalized spacial score (nSPS) is 30.6. The molecule has 18 heteroatoms. The number of hydrogen-bond acceptors (Lipinski definition) is 13. The van der Waals surface area contributed by atoms with Crippen LogP contribution in [-0.4, -0.2) is 121 Å². The van der Waals surface area contributed by atoms with E-state index in [4.69, 9.17) is 30.5 Å². The number of likely N-dealkylation sites (N-methyl/N-ethyl adjacent to an activating group) is 1. The number of aliphatic hydroxyl groups is 1. The highest BCUT2D eigenvalue weighted by Crippen LogP contribution is 2.38. The van der Waals surface area contributed by atoms with Gasteiger partial charge in [0.2, 0.25) is 23.6 Å². The van der Waals surface area contributed by atoms with Gasteiger partial charge in [0.05, 0.1) is 24.5 Å². The van der Waals surface area contributed by atoms with E-state index in [1.54, 1.807) is 37.3 Å². The summed E-state index contributed by atoms with van der Waals surface area (Å²) in [6.45, 7) is 6.39. The largest absolute Gasteiger partial charge is 0.851 e. The maximum absolute atomic E-state index is 14.3. The van der Waals surface area contributed by atoms with Gasteiger partial charge in [-0.15, -0.1) is 17.9 Å². The smallest absolute Gasteiger partial charge is 0.409 e. The first kappa shape index (κ1) is 45.5. The van der Waals surface area contributed by atoms with Crippen molar-refractivity contribution in [1.29, 1.82) is 0 Å². The molecule has 1 aromatic rings. The Bertz CT molecular complexity index is 1780. The summed E-state index contributed by atoms with van der Waals surface area (Å²) in [7, 11) is 5.73. The molecule has 0 spiro atoms. The van der Waals surface area contributed by atoms with Crippen molar-refractivity contribution >= 4 is 64.7 Å². The van der Waals surface area contributed by atoms with E-state index in [2.05, 4.69) is 10.6 Å². The number of hydrogen-bond donors (Lipinski definition) is 3. The van der Waals surface area contributed by atoms with Gasteiger partial charge < -0.3 is 39.0 Å². The number of amides is 5. The zero-order valence-corrected chi connectivity index (χ0v) is 34.9. The molecule has 2 unspecified atom stereocenters. The number of halogens is 1. The number of esters is 1. The topological polar surface area (TPSA) is 213 Å². The number of ether oxygens (including phenoxy) is 4. The molecule has 9 atom stereocenters. The molecule has 16 nitrogen and oxygen atoms in total. The van der Waals surface area contributed by atoms with Crippen LogP contribution in [0.25, 0.3) is 0 Å². The van der Waals surface area contributed by atoms with Crippen molar-refractivity contribution in [3.63, 3.8) is 0 Å². The number of alkyl carbamates (subject to hydrolysis) is 1. The number of imide groups is 1. The van der Waals surface area contributed by atoms with Crippen LogP contribution in [0.1, 0.15) is 58.9 Å². The van der Waals surface area contributed by atoms with E-state index in [-0.39, 0.29) is 35.9 Å². The molecule has 4 bridgehead atoms. The molecular formula is C39H52ClN4O12S-. The Labute approximate surface area is 341 Å². The third-order valence-corrected chi connectivity index (χ3v) is 12.3. The summed E-state index contributed by atoms with van der Waals surface area (Å²) in [6.07, 6.45) is -1.28. The van der Waals surface area contributed by atoms with Crippen molar-refractivity contribution < 1.29 is 57.9 Å². The SMILES string of the molecule is COc1cc2cc(c1Cl)N(C)C(=O)C[C@H](OC(=O)[C@H](C)N(C)C(=O)CCSC1CC(=O)NC1=O)C(C)[C@@H]([O-])[C@H](C)[C@@H]1C[C@@](O)(NC(=O)O1)[C@H](OC)/C=C/C=C(\C)C2. The van der Waals surface area contributed by atoms with E-state index in [1.807, 2.05) is 6.92 Å². The molecular weight excluding hydrogens is 784 g/mol. The number of nitrogens with one attached hydrogen (secondary N) is 2. The molecule has 0 aromatic heterocycles. The van der Waals surface area contributed by atoms with Crippen molar-refractivity contribution in [1.82, 2.24) is 15.5 Å². The first-order valence-electron chi connectivity index (χ1n) is 18.6. The molecule has 3 heterocycles. The number of benzene rings is 1. The van der Waals surface area contributed by atoms with Gasteiger partial charge in [-0.3, -0.25) is 29.8 Å². The number of nitrogens with zero attached hydrogens (tertiary/aromatic N) is 2. The Balaban J connectivity index is 1.66. The monoisotopic (exact) mass is 835 g/mol. The Morgan fingerprint density at radius 1 is 1.18 bits per heavy atom. The first-order chi connectivity index (χ1) is 26.8. The number of fused-ring (bicyclic) bond motifs is 4. The minimum Gasteiger partial charge on any atom is -0.851 e. The highest BCUT2D eigenvalue weighted by atomic mass is 35.5. The van der Waals surface area contributed by atoms with Gasteiger partial charge in [0.1, 0.15) is 35.1 Å². The van der Waals surface area contributed by atoms with Crippen LogP contribution < -0.4 is 25.4 Å². The Hall–Kier alpha value is -4.16. The van der Waals surface area contributed by atoms with Crippen molar-refractivity contribution in [3.8, 4) is 5.75 Å². The third kappa shape index (κ3) is 11.1. The van der Waals surface area contributed by atoms with E-state index in [0.29, 0.717) is 17.9 Å². The summed E-state index contributed by atoms with van der Waals surface area (Å²) in [5.41, 5.74) is -0.0206. The Kier molecular flexibility index (Phi) is 15.6. The van der Waals surface area contributed by atoms with Gasteiger partial charge in [0, 0.05) is 46.2 Å². The average molecular weight is 836 g/mol. The van der Waals surface area contributed by atoms with Crippen molar-refractivity contribution in [2.45, 2.75) is 101 Å². The third-order valence-electron chi connectivity index (χ3n) is 10.7. The molecule has 57 heavy (non-hydrogen) atoms. The van der Waals surface area contributed by atoms with Crippen molar-refractivity contribution in [2.75, 3.05) is 39.0 Å². The Morgan fingerprint density at radius 3 is 2.51 bits per heavy atom. The summed E-state index contributed by atoms with van der Waals surface area (Å²) in [5, 5.41) is 30.2. The van der Waals surface area contributed by atoms with Crippen LogP contribution in [-0.2, 0) is 44.6 Å². The van der Waals surface area contributed by atoms with Gasteiger partial charge in [-0.05, 0) is 49.8 Å². The van der Waals surface area contributed by atoms with E-state index in [9.17, 15) is 39.0 Å². The molecule has 3 aliphatic rings. The molecule has 3 aliphatic heterocycles. The zero-order chi connectivity index (χ0) is 42.4. The summed E-state index contributed by atoms with van der Waals surface area (Å²) in [5.74, 6) is -4.17. The van der Waals surface area contributed by atoms with Crippen LogP contribution in [0.3, 0.4) is 0 Å². The van der Waals surface area contributed by atoms with Crippen LogP contribution in [0.15, 0.2) is 35.9 Å². The number of anilines is 1. The summed E-state index contributed by atoms with van der Waals surface area (Å²) >= 11 is 7.88. The van der Waals surface area contributed by atoms with Gasteiger partial charge >= 0.3 is 12.1 Å².